The van der Waals surface area contributed by atoms with E-state index in [1.807, 2.05) is 0 Å². The number of carbonyl (C=O) groups is 1. The summed E-state index contributed by atoms with van der Waals surface area (Å²) in [7, 11) is -4.67. The van der Waals surface area contributed by atoms with Gasteiger partial charge < -0.3 is 7.38 Å². The minimum absolute atomic E-state index is 0. The largest absolute Gasteiger partial charge is 1.00 e. The maximum atomic E-state index is 10.8. The van der Waals surface area contributed by atoms with E-state index in [9.17, 15) is 9.36 Å². The summed E-state index contributed by atoms with van der Waals surface area (Å²) in [6.45, 7) is 4.51. The van der Waals surface area contributed by atoms with Crippen LogP contribution in [0.4, 0.5) is 0 Å². The van der Waals surface area contributed by atoms with Gasteiger partial charge in [-0.3, -0.25) is 14.6 Å². The van der Waals surface area contributed by atoms with Crippen LogP contribution in [0, 0.1) is 5.41 Å². The van der Waals surface area contributed by atoms with E-state index in [0.717, 1.165) is 0 Å². The van der Waals surface area contributed by atoms with Crippen LogP contribution in [0.1, 0.15) is 23.6 Å². The molecule has 0 heterocycles. The van der Waals surface area contributed by atoms with Crippen molar-refractivity contribution in [3.63, 3.8) is 0 Å². The van der Waals surface area contributed by atoms with Crippen LogP contribution in [-0.4, -0.2) is 15.8 Å². The number of hydrogen-bond donors (Lipinski definition) is 2. The number of phosphoric acid groups is 1. The molecular formula is C5H13K2O5P. The third-order valence-electron chi connectivity index (χ3n) is 0.814. The molecule has 13 heavy (non-hydrogen) atoms. The molecule has 0 saturated carbocycles. The van der Waals surface area contributed by atoms with Gasteiger partial charge in [-0.15, -0.1) is 0 Å². The van der Waals surface area contributed by atoms with Crippen LogP contribution < -0.4 is 103 Å². The Morgan fingerprint density at radius 2 is 1.62 bits per heavy atom. The summed E-state index contributed by atoms with van der Waals surface area (Å²) in [6.07, 6.45) is 0. The molecule has 0 bridgehead atoms. The number of hydrogen-bond acceptors (Lipinski definition) is 3. The predicted octanol–water partition coefficient (Wildman–Crippen LogP) is -5.10. The van der Waals surface area contributed by atoms with E-state index in [-0.39, 0.29) is 106 Å². The zero-order valence-electron chi connectivity index (χ0n) is 10.6. The van der Waals surface area contributed by atoms with Crippen LogP contribution in [0.5, 0.6) is 0 Å². The molecule has 0 fully saturated rings. The average molecular weight is 262 g/mol. The molecule has 0 radical (unpaired) electrons. The Kier molecular flexibility index (Phi) is 13.1. The summed E-state index contributed by atoms with van der Waals surface area (Å²) >= 11 is 0. The first-order valence-electron chi connectivity index (χ1n) is 2.92. The molecule has 0 saturated heterocycles. The minimum atomic E-state index is -4.67. The summed E-state index contributed by atoms with van der Waals surface area (Å²) in [5.41, 5.74) is -0.888. The summed E-state index contributed by atoms with van der Waals surface area (Å²) < 4.78 is 14.0. The molecule has 0 aromatic rings. The van der Waals surface area contributed by atoms with Crippen molar-refractivity contribution in [3.05, 3.63) is 0 Å². The molecule has 0 amide bonds. The molecular weight excluding hydrogens is 249 g/mol. The first kappa shape index (κ1) is 21.2. The fourth-order valence-corrected chi connectivity index (χ4v) is 0.735. The molecule has 0 atom stereocenters. The maximum absolute atomic E-state index is 10.8. The molecule has 0 spiro atoms. The molecule has 70 valence electrons. The van der Waals surface area contributed by atoms with Crippen LogP contribution >= 0.6 is 7.82 Å². The Labute approximate surface area is 165 Å². The molecule has 0 aliphatic rings. The zero-order chi connectivity index (χ0) is 9.28. The van der Waals surface area contributed by atoms with Crippen molar-refractivity contribution in [1.82, 2.24) is 0 Å². The Balaban J connectivity index is -0.0000000833. The standard InChI is InChI=1S/C5H11O5P.2K.2H/c1-5(2,3)4(6)10-11(7,8)9;;;;/h1-3H3,(H2,7,8,9);;;;/q;2*+1;2*-1. The smallest absolute Gasteiger partial charge is 1.00 e. The van der Waals surface area contributed by atoms with Crippen molar-refractivity contribution in [2.24, 2.45) is 5.41 Å². The maximum Gasteiger partial charge on any atom is 1.00 e. The normalized spacial score (nSPS) is 10.8. The minimum Gasteiger partial charge on any atom is -1.00 e. The van der Waals surface area contributed by atoms with E-state index >= 15 is 0 Å². The fraction of sp³-hybridized carbons (Fsp3) is 0.800. The van der Waals surface area contributed by atoms with Gasteiger partial charge in [0.2, 0.25) is 0 Å². The summed E-state index contributed by atoms with van der Waals surface area (Å²) in [4.78, 5) is 27.2. The number of phosphoric ester groups is 1. The van der Waals surface area contributed by atoms with Crippen LogP contribution in [-0.2, 0) is 13.9 Å². The number of rotatable bonds is 1. The molecule has 0 aromatic heterocycles. The molecule has 0 aliphatic heterocycles. The van der Waals surface area contributed by atoms with Crippen molar-refractivity contribution < 1.29 is 129 Å². The molecule has 0 unspecified atom stereocenters. The monoisotopic (exact) mass is 262 g/mol. The van der Waals surface area contributed by atoms with Crippen molar-refractivity contribution >= 4 is 13.8 Å². The van der Waals surface area contributed by atoms with Gasteiger partial charge in [-0.1, -0.05) is 0 Å². The van der Waals surface area contributed by atoms with Gasteiger partial charge in [-0.05, 0) is 20.8 Å². The van der Waals surface area contributed by atoms with Gasteiger partial charge in [-0.2, -0.15) is 0 Å². The second-order valence-corrected chi connectivity index (χ2v) is 4.28. The molecule has 5 nitrogen and oxygen atoms in total. The first-order chi connectivity index (χ1) is 4.63. The summed E-state index contributed by atoms with van der Waals surface area (Å²) in [5, 5.41) is 0. The van der Waals surface area contributed by atoms with Crippen LogP contribution in [0.15, 0.2) is 0 Å². The van der Waals surface area contributed by atoms with Crippen LogP contribution in [0.2, 0.25) is 0 Å². The topological polar surface area (TPSA) is 83.8 Å². The van der Waals surface area contributed by atoms with Crippen molar-refractivity contribution in [3.8, 4) is 0 Å². The molecule has 8 heteroatoms. The second kappa shape index (κ2) is 8.05. The summed E-state index contributed by atoms with van der Waals surface area (Å²) in [5.74, 6) is -0.911. The van der Waals surface area contributed by atoms with Gasteiger partial charge in [0.1, 0.15) is 0 Å². The van der Waals surface area contributed by atoms with E-state index in [0.29, 0.717) is 0 Å². The summed E-state index contributed by atoms with van der Waals surface area (Å²) in [6, 6.07) is 0. The van der Waals surface area contributed by atoms with E-state index in [4.69, 9.17) is 9.79 Å². The number of carbonyl (C=O) groups excluding carboxylic acids is 1. The van der Waals surface area contributed by atoms with Crippen molar-refractivity contribution in [2.75, 3.05) is 0 Å². The van der Waals surface area contributed by atoms with Crippen molar-refractivity contribution in [2.45, 2.75) is 20.8 Å². The predicted molar refractivity (Wildman–Crippen MR) is 39.8 cm³/mol. The van der Waals surface area contributed by atoms with Gasteiger partial charge >= 0.3 is 117 Å². The van der Waals surface area contributed by atoms with E-state index in [1.54, 1.807) is 0 Å². The first-order valence-corrected chi connectivity index (χ1v) is 4.45. The molecule has 0 aromatic carbocycles. The second-order valence-electron chi connectivity index (χ2n) is 3.12. The molecule has 0 rings (SSSR count). The van der Waals surface area contributed by atoms with Crippen LogP contribution in [0.3, 0.4) is 0 Å². The zero-order valence-corrected chi connectivity index (χ0v) is 15.7. The van der Waals surface area contributed by atoms with E-state index in [1.165, 1.54) is 20.8 Å². The molecule has 2 N–H and O–H groups in total. The van der Waals surface area contributed by atoms with Gasteiger partial charge in [0.15, 0.2) is 0 Å². The van der Waals surface area contributed by atoms with Gasteiger partial charge in [0.25, 0.3) is 0 Å². The third kappa shape index (κ3) is 12.8. The Morgan fingerprint density at radius 1 is 1.31 bits per heavy atom. The third-order valence-corrected chi connectivity index (χ3v) is 1.22. The van der Waals surface area contributed by atoms with Gasteiger partial charge in [0.05, 0.1) is 5.41 Å². The van der Waals surface area contributed by atoms with Crippen molar-refractivity contribution in [1.29, 1.82) is 0 Å². The Morgan fingerprint density at radius 3 is 1.69 bits per heavy atom. The quantitative estimate of drug-likeness (QED) is 0.365. The van der Waals surface area contributed by atoms with E-state index < -0.39 is 19.2 Å². The van der Waals surface area contributed by atoms with Crippen LogP contribution in [0.25, 0.3) is 0 Å². The fourth-order valence-electron chi connectivity index (χ4n) is 0.245. The Bertz CT molecular complexity index is 214. The van der Waals surface area contributed by atoms with E-state index in [2.05, 4.69) is 4.52 Å². The van der Waals surface area contributed by atoms with Gasteiger partial charge in [-0.25, -0.2) is 4.57 Å². The Hall–Kier alpha value is 2.89. The van der Waals surface area contributed by atoms with Gasteiger partial charge in [0, 0.05) is 0 Å². The SMILES string of the molecule is CC(C)(C)C(=O)OP(=O)(O)O.[H-].[H-].[K+].[K+]. The molecule has 0 aliphatic carbocycles. The average Bonchev–Trinajstić information content (AvgIpc) is 1.56.